The van der Waals surface area contributed by atoms with Gasteiger partial charge in [0, 0.05) is 22.3 Å². The molecule has 6 heteroatoms. The summed E-state index contributed by atoms with van der Waals surface area (Å²) < 4.78 is 5.97. The van der Waals surface area contributed by atoms with E-state index in [2.05, 4.69) is 57.2 Å². The first-order chi connectivity index (χ1) is 12.3. The van der Waals surface area contributed by atoms with Gasteiger partial charge < -0.3 is 10.1 Å². The lowest BCUT2D eigenvalue weighted by molar-refractivity contribution is -0.143. The number of halogens is 1. The average molecular weight is 420 g/mol. The highest BCUT2D eigenvalue weighted by Gasteiger charge is 2.12. The van der Waals surface area contributed by atoms with Gasteiger partial charge in [0.05, 0.1) is 12.3 Å². The number of rotatable bonds is 7. The maximum atomic E-state index is 11.6. The number of anilines is 2. The first-order valence-corrected chi connectivity index (χ1v) is 9.67. The molecule has 0 aliphatic rings. The summed E-state index contributed by atoms with van der Waals surface area (Å²) in [6.45, 7) is 10.4. The van der Waals surface area contributed by atoms with Gasteiger partial charge in [-0.25, -0.2) is 9.97 Å². The molecule has 5 nitrogen and oxygen atoms in total. The molecule has 0 aliphatic carbocycles. The molecule has 26 heavy (non-hydrogen) atoms. The van der Waals surface area contributed by atoms with Gasteiger partial charge in [-0.15, -0.1) is 0 Å². The van der Waals surface area contributed by atoms with Gasteiger partial charge in [-0.3, -0.25) is 4.79 Å². The third kappa shape index (κ3) is 5.27. The van der Waals surface area contributed by atoms with E-state index in [-0.39, 0.29) is 5.97 Å². The van der Waals surface area contributed by atoms with E-state index in [1.165, 1.54) is 5.56 Å². The van der Waals surface area contributed by atoms with E-state index < -0.39 is 0 Å². The maximum absolute atomic E-state index is 11.6. The SMILES string of the molecule is CCOC(=O)CCc1c(C)nc(Nc2ccc(C(C)C)cc2Br)nc1C. The number of nitrogens with one attached hydrogen (secondary N) is 1. The molecule has 0 bridgehead atoms. The van der Waals surface area contributed by atoms with Crippen LogP contribution in [-0.4, -0.2) is 22.5 Å². The van der Waals surface area contributed by atoms with Crippen molar-refractivity contribution in [3.05, 3.63) is 45.2 Å². The van der Waals surface area contributed by atoms with Gasteiger partial charge in [0.1, 0.15) is 0 Å². The fourth-order valence-corrected chi connectivity index (χ4v) is 3.23. The van der Waals surface area contributed by atoms with Crippen molar-refractivity contribution < 1.29 is 9.53 Å². The van der Waals surface area contributed by atoms with Crippen molar-refractivity contribution in [1.82, 2.24) is 9.97 Å². The normalized spacial score (nSPS) is 10.9. The van der Waals surface area contributed by atoms with Crippen molar-refractivity contribution >= 4 is 33.5 Å². The van der Waals surface area contributed by atoms with Gasteiger partial charge in [0.2, 0.25) is 5.95 Å². The molecule has 2 aromatic rings. The van der Waals surface area contributed by atoms with E-state index in [9.17, 15) is 4.79 Å². The minimum atomic E-state index is -0.192. The summed E-state index contributed by atoms with van der Waals surface area (Å²) in [5.41, 5.74) is 4.94. The number of nitrogens with zero attached hydrogens (tertiary/aromatic N) is 2. The Hall–Kier alpha value is -1.95. The van der Waals surface area contributed by atoms with Crippen molar-refractivity contribution in [2.75, 3.05) is 11.9 Å². The van der Waals surface area contributed by atoms with Crippen LogP contribution in [0.25, 0.3) is 0 Å². The van der Waals surface area contributed by atoms with E-state index in [0.717, 1.165) is 27.1 Å². The van der Waals surface area contributed by atoms with Crippen molar-refractivity contribution in [2.45, 2.75) is 53.4 Å². The molecule has 1 aromatic heterocycles. The largest absolute Gasteiger partial charge is 0.466 e. The van der Waals surface area contributed by atoms with Gasteiger partial charge in [-0.05, 0) is 72.3 Å². The zero-order valence-electron chi connectivity index (χ0n) is 16.0. The van der Waals surface area contributed by atoms with Crippen molar-refractivity contribution in [2.24, 2.45) is 0 Å². The Balaban J connectivity index is 2.16. The fraction of sp³-hybridized carbons (Fsp3) is 0.450. The molecule has 0 aliphatic heterocycles. The molecule has 0 saturated heterocycles. The third-order valence-corrected chi connectivity index (χ3v) is 4.87. The summed E-state index contributed by atoms with van der Waals surface area (Å²) in [6.07, 6.45) is 0.928. The molecular weight excluding hydrogens is 394 g/mol. The van der Waals surface area contributed by atoms with Crippen LogP contribution in [0.1, 0.15) is 55.6 Å². The number of ether oxygens (including phenoxy) is 1. The lowest BCUT2D eigenvalue weighted by Crippen LogP contribution is -2.09. The molecule has 1 heterocycles. The van der Waals surface area contributed by atoms with Crippen molar-refractivity contribution in [1.29, 1.82) is 0 Å². The van der Waals surface area contributed by atoms with Crippen LogP contribution in [-0.2, 0) is 16.0 Å². The number of benzene rings is 1. The second kappa shape index (κ2) is 9.12. The van der Waals surface area contributed by atoms with E-state index in [0.29, 0.717) is 31.3 Å². The van der Waals surface area contributed by atoms with Crippen LogP contribution in [0.2, 0.25) is 0 Å². The van der Waals surface area contributed by atoms with Gasteiger partial charge in [0.25, 0.3) is 0 Å². The molecule has 0 unspecified atom stereocenters. The Labute approximate surface area is 163 Å². The standard InChI is InChI=1S/C20H26BrN3O2/c1-6-26-19(25)10-8-16-13(4)22-20(23-14(16)5)24-18-9-7-15(12(2)3)11-17(18)21/h7,9,11-12H,6,8,10H2,1-5H3,(H,22,23,24). The van der Waals surface area contributed by atoms with Crippen LogP contribution in [0.4, 0.5) is 11.6 Å². The summed E-state index contributed by atoms with van der Waals surface area (Å²) in [5, 5.41) is 3.27. The summed E-state index contributed by atoms with van der Waals surface area (Å²) in [5.74, 6) is 0.834. The highest BCUT2D eigenvalue weighted by Crippen LogP contribution is 2.29. The first-order valence-electron chi connectivity index (χ1n) is 8.88. The quantitative estimate of drug-likeness (QED) is 0.623. The highest BCUT2D eigenvalue weighted by molar-refractivity contribution is 9.10. The maximum Gasteiger partial charge on any atom is 0.306 e. The predicted molar refractivity (Wildman–Crippen MR) is 108 cm³/mol. The second-order valence-electron chi connectivity index (χ2n) is 6.52. The number of esters is 1. The van der Waals surface area contributed by atoms with Crippen LogP contribution in [0.5, 0.6) is 0 Å². The number of carbonyl (C=O) groups excluding carboxylic acids is 1. The Morgan fingerprint density at radius 2 is 1.88 bits per heavy atom. The molecule has 1 aromatic carbocycles. The van der Waals surface area contributed by atoms with Gasteiger partial charge in [0.15, 0.2) is 0 Å². The third-order valence-electron chi connectivity index (χ3n) is 4.21. The average Bonchev–Trinajstić information content (AvgIpc) is 2.56. The zero-order chi connectivity index (χ0) is 19.3. The number of carbonyl (C=O) groups is 1. The topological polar surface area (TPSA) is 64.1 Å². The monoisotopic (exact) mass is 419 g/mol. The van der Waals surface area contributed by atoms with Crippen molar-refractivity contribution in [3.63, 3.8) is 0 Å². The molecule has 1 N–H and O–H groups in total. The van der Waals surface area contributed by atoms with Gasteiger partial charge >= 0.3 is 5.97 Å². The minimum absolute atomic E-state index is 0.192. The molecule has 0 spiro atoms. The van der Waals surface area contributed by atoms with Gasteiger partial charge in [-0.2, -0.15) is 0 Å². The highest BCUT2D eigenvalue weighted by atomic mass is 79.9. The number of hydrogen-bond donors (Lipinski definition) is 1. The summed E-state index contributed by atoms with van der Waals surface area (Å²) in [6, 6.07) is 6.24. The number of hydrogen-bond acceptors (Lipinski definition) is 5. The molecule has 2 rings (SSSR count). The molecule has 0 amide bonds. The van der Waals surface area contributed by atoms with Gasteiger partial charge in [-0.1, -0.05) is 19.9 Å². The molecular formula is C20H26BrN3O2. The molecule has 0 saturated carbocycles. The zero-order valence-corrected chi connectivity index (χ0v) is 17.6. The van der Waals surface area contributed by atoms with Crippen LogP contribution < -0.4 is 5.32 Å². The molecule has 0 fully saturated rings. The minimum Gasteiger partial charge on any atom is -0.466 e. The van der Waals surface area contributed by atoms with E-state index in [1.807, 2.05) is 26.8 Å². The summed E-state index contributed by atoms with van der Waals surface area (Å²) in [7, 11) is 0. The number of aromatic nitrogens is 2. The molecule has 0 radical (unpaired) electrons. The predicted octanol–water partition coefficient (Wildman–Crippen LogP) is 5.22. The van der Waals surface area contributed by atoms with Crippen LogP contribution in [0.3, 0.4) is 0 Å². The Bertz CT molecular complexity index is 768. The van der Waals surface area contributed by atoms with Crippen LogP contribution >= 0.6 is 15.9 Å². The Kier molecular flexibility index (Phi) is 7.14. The van der Waals surface area contributed by atoms with Crippen LogP contribution in [0, 0.1) is 13.8 Å². The Morgan fingerprint density at radius 3 is 2.42 bits per heavy atom. The molecule has 140 valence electrons. The second-order valence-corrected chi connectivity index (χ2v) is 7.37. The fourth-order valence-electron chi connectivity index (χ4n) is 2.73. The van der Waals surface area contributed by atoms with Crippen LogP contribution in [0.15, 0.2) is 22.7 Å². The molecule has 0 atom stereocenters. The van der Waals surface area contributed by atoms with Crippen molar-refractivity contribution in [3.8, 4) is 0 Å². The first kappa shape index (κ1) is 20.4. The number of aryl methyl sites for hydroxylation is 2. The smallest absolute Gasteiger partial charge is 0.306 e. The summed E-state index contributed by atoms with van der Waals surface area (Å²) >= 11 is 3.61. The summed E-state index contributed by atoms with van der Waals surface area (Å²) in [4.78, 5) is 20.7. The lowest BCUT2D eigenvalue weighted by Gasteiger charge is -2.14. The van der Waals surface area contributed by atoms with E-state index in [1.54, 1.807) is 0 Å². The van der Waals surface area contributed by atoms with E-state index >= 15 is 0 Å². The Morgan fingerprint density at radius 1 is 1.23 bits per heavy atom. The van der Waals surface area contributed by atoms with E-state index in [4.69, 9.17) is 4.74 Å². The lowest BCUT2D eigenvalue weighted by atomic mass is 10.0.